The van der Waals surface area contributed by atoms with Gasteiger partial charge < -0.3 is 10.4 Å². The number of hydrogen-bond donors (Lipinski definition) is 2. The fourth-order valence-corrected chi connectivity index (χ4v) is 3.59. The van der Waals surface area contributed by atoms with Crippen molar-refractivity contribution in [2.75, 3.05) is 19.7 Å². The summed E-state index contributed by atoms with van der Waals surface area (Å²) in [5.41, 5.74) is 0.00123. The first-order chi connectivity index (χ1) is 8.74. The third kappa shape index (κ3) is 3.25. The summed E-state index contributed by atoms with van der Waals surface area (Å²) < 4.78 is 0. The van der Waals surface area contributed by atoms with E-state index in [1.54, 1.807) is 0 Å². The first kappa shape index (κ1) is 14.3. The summed E-state index contributed by atoms with van der Waals surface area (Å²) in [7, 11) is 0. The maximum atomic E-state index is 9.81. The predicted molar refractivity (Wildman–Crippen MR) is 75.8 cm³/mol. The van der Waals surface area contributed by atoms with Gasteiger partial charge in [0.15, 0.2) is 0 Å². The van der Waals surface area contributed by atoms with Gasteiger partial charge in [0.2, 0.25) is 0 Å². The molecule has 0 aromatic heterocycles. The van der Waals surface area contributed by atoms with Crippen molar-refractivity contribution in [1.29, 1.82) is 0 Å². The van der Waals surface area contributed by atoms with Crippen LogP contribution in [0.3, 0.4) is 0 Å². The SMILES string of the molecule is CCCNC1(CO)CCCC(N(CC)C2CC2)C1. The highest BCUT2D eigenvalue weighted by Gasteiger charge is 2.40. The minimum atomic E-state index is 0.00123. The number of nitrogens with one attached hydrogen (secondary N) is 1. The van der Waals surface area contributed by atoms with Crippen LogP contribution in [0.4, 0.5) is 0 Å². The molecule has 2 aliphatic rings. The lowest BCUT2D eigenvalue weighted by atomic mass is 9.78. The fraction of sp³-hybridized carbons (Fsp3) is 1.00. The lowest BCUT2D eigenvalue weighted by molar-refractivity contribution is 0.0579. The average Bonchev–Trinajstić information content (AvgIpc) is 3.22. The first-order valence-electron chi connectivity index (χ1n) is 7.86. The molecule has 2 rings (SSSR count). The van der Waals surface area contributed by atoms with Crippen molar-refractivity contribution in [1.82, 2.24) is 10.2 Å². The molecule has 2 atom stereocenters. The van der Waals surface area contributed by atoms with Gasteiger partial charge in [-0.1, -0.05) is 13.8 Å². The van der Waals surface area contributed by atoms with Crippen LogP contribution in [0, 0.1) is 0 Å². The molecule has 0 aliphatic heterocycles. The summed E-state index contributed by atoms with van der Waals surface area (Å²) >= 11 is 0. The van der Waals surface area contributed by atoms with Crippen LogP contribution >= 0.6 is 0 Å². The van der Waals surface area contributed by atoms with Gasteiger partial charge >= 0.3 is 0 Å². The minimum Gasteiger partial charge on any atom is -0.394 e. The van der Waals surface area contributed by atoms with Crippen molar-refractivity contribution in [2.24, 2.45) is 0 Å². The van der Waals surface area contributed by atoms with Crippen molar-refractivity contribution in [3.05, 3.63) is 0 Å². The van der Waals surface area contributed by atoms with Crippen LogP contribution in [-0.4, -0.2) is 47.3 Å². The van der Waals surface area contributed by atoms with Gasteiger partial charge in [0.1, 0.15) is 0 Å². The molecule has 0 saturated heterocycles. The molecule has 0 radical (unpaired) electrons. The van der Waals surface area contributed by atoms with Crippen LogP contribution in [-0.2, 0) is 0 Å². The highest BCUT2D eigenvalue weighted by atomic mass is 16.3. The Bertz CT molecular complexity index is 255. The number of nitrogens with zero attached hydrogens (tertiary/aromatic N) is 1. The summed E-state index contributed by atoms with van der Waals surface area (Å²) in [5, 5.41) is 13.4. The first-order valence-corrected chi connectivity index (χ1v) is 7.86. The lowest BCUT2D eigenvalue weighted by Crippen LogP contribution is -2.56. The molecule has 106 valence electrons. The topological polar surface area (TPSA) is 35.5 Å². The van der Waals surface area contributed by atoms with Gasteiger partial charge in [-0.2, -0.15) is 0 Å². The Morgan fingerprint density at radius 1 is 1.22 bits per heavy atom. The predicted octanol–water partition coefficient (Wildman–Crippen LogP) is 2.14. The van der Waals surface area contributed by atoms with Gasteiger partial charge in [-0.3, -0.25) is 4.90 Å². The molecule has 2 aliphatic carbocycles. The van der Waals surface area contributed by atoms with E-state index in [-0.39, 0.29) is 5.54 Å². The molecule has 3 nitrogen and oxygen atoms in total. The number of hydrogen-bond acceptors (Lipinski definition) is 3. The Labute approximate surface area is 112 Å². The summed E-state index contributed by atoms with van der Waals surface area (Å²) in [6.45, 7) is 6.98. The van der Waals surface area contributed by atoms with Gasteiger partial charge in [-0.25, -0.2) is 0 Å². The lowest BCUT2D eigenvalue weighted by Gasteiger charge is -2.44. The van der Waals surface area contributed by atoms with Crippen molar-refractivity contribution in [3.63, 3.8) is 0 Å². The Kier molecular flexibility index (Phi) is 5.05. The van der Waals surface area contributed by atoms with Crippen LogP contribution in [0.5, 0.6) is 0 Å². The third-order valence-corrected chi connectivity index (χ3v) is 4.72. The van der Waals surface area contributed by atoms with Gasteiger partial charge in [0.05, 0.1) is 6.61 Å². The van der Waals surface area contributed by atoms with Crippen molar-refractivity contribution < 1.29 is 5.11 Å². The Balaban J connectivity index is 1.96. The van der Waals surface area contributed by atoms with Crippen LogP contribution < -0.4 is 5.32 Å². The zero-order valence-corrected chi connectivity index (χ0v) is 12.1. The van der Waals surface area contributed by atoms with E-state index in [1.165, 1.54) is 32.2 Å². The van der Waals surface area contributed by atoms with Gasteiger partial charge in [0, 0.05) is 17.6 Å². The molecular formula is C15H30N2O. The maximum absolute atomic E-state index is 9.81. The van der Waals surface area contributed by atoms with Crippen LogP contribution in [0.25, 0.3) is 0 Å². The monoisotopic (exact) mass is 254 g/mol. The van der Waals surface area contributed by atoms with Gasteiger partial charge in [-0.15, -0.1) is 0 Å². The van der Waals surface area contributed by atoms with Crippen molar-refractivity contribution >= 4 is 0 Å². The minimum absolute atomic E-state index is 0.00123. The smallest absolute Gasteiger partial charge is 0.0613 e. The average molecular weight is 254 g/mol. The van der Waals surface area contributed by atoms with Gasteiger partial charge in [-0.05, 0) is 58.0 Å². The van der Waals surface area contributed by atoms with E-state index in [0.717, 1.165) is 31.8 Å². The summed E-state index contributed by atoms with van der Waals surface area (Å²) in [5.74, 6) is 0. The molecule has 18 heavy (non-hydrogen) atoms. The highest BCUT2D eigenvalue weighted by molar-refractivity contribution is 4.99. The largest absolute Gasteiger partial charge is 0.394 e. The molecule has 0 aromatic rings. The molecule has 2 fully saturated rings. The zero-order chi connectivity index (χ0) is 13.0. The standard InChI is InChI=1S/C15H30N2O/c1-3-10-16-15(12-18)9-5-6-14(11-15)17(4-2)13-7-8-13/h13-14,16,18H,3-12H2,1-2H3. The van der Waals surface area contributed by atoms with E-state index in [4.69, 9.17) is 0 Å². The number of aliphatic hydroxyl groups is 1. The Hall–Kier alpha value is -0.120. The van der Waals surface area contributed by atoms with E-state index >= 15 is 0 Å². The third-order valence-electron chi connectivity index (χ3n) is 4.72. The molecule has 3 heteroatoms. The molecule has 0 amide bonds. The second-order valence-corrected chi connectivity index (χ2v) is 6.18. The van der Waals surface area contributed by atoms with Crippen LogP contribution in [0.2, 0.25) is 0 Å². The zero-order valence-electron chi connectivity index (χ0n) is 12.1. The van der Waals surface area contributed by atoms with Crippen molar-refractivity contribution in [2.45, 2.75) is 76.4 Å². The van der Waals surface area contributed by atoms with E-state index in [9.17, 15) is 5.11 Å². The molecular weight excluding hydrogens is 224 g/mol. The molecule has 2 saturated carbocycles. The second kappa shape index (κ2) is 6.36. The molecule has 2 unspecified atom stereocenters. The maximum Gasteiger partial charge on any atom is 0.0613 e. The molecule has 2 N–H and O–H groups in total. The van der Waals surface area contributed by atoms with E-state index < -0.39 is 0 Å². The number of rotatable bonds is 7. The van der Waals surface area contributed by atoms with Crippen LogP contribution in [0.15, 0.2) is 0 Å². The highest BCUT2D eigenvalue weighted by Crippen LogP contribution is 2.36. The van der Waals surface area contributed by atoms with E-state index in [2.05, 4.69) is 24.1 Å². The molecule has 0 bridgehead atoms. The van der Waals surface area contributed by atoms with Crippen LogP contribution in [0.1, 0.15) is 58.8 Å². The number of aliphatic hydroxyl groups excluding tert-OH is 1. The second-order valence-electron chi connectivity index (χ2n) is 6.18. The Morgan fingerprint density at radius 2 is 2.00 bits per heavy atom. The Morgan fingerprint density at radius 3 is 2.56 bits per heavy atom. The summed E-state index contributed by atoms with van der Waals surface area (Å²) in [4.78, 5) is 2.69. The summed E-state index contributed by atoms with van der Waals surface area (Å²) in [6, 6.07) is 1.54. The molecule has 0 spiro atoms. The van der Waals surface area contributed by atoms with E-state index in [0.29, 0.717) is 12.6 Å². The van der Waals surface area contributed by atoms with E-state index in [1.807, 2.05) is 0 Å². The molecule has 0 heterocycles. The quantitative estimate of drug-likeness (QED) is 0.731. The fourth-order valence-electron chi connectivity index (χ4n) is 3.59. The normalized spacial score (nSPS) is 33.0. The molecule has 0 aromatic carbocycles. The summed E-state index contributed by atoms with van der Waals surface area (Å²) in [6.07, 6.45) is 8.77. The van der Waals surface area contributed by atoms with Gasteiger partial charge in [0.25, 0.3) is 0 Å². The van der Waals surface area contributed by atoms with Crippen molar-refractivity contribution in [3.8, 4) is 0 Å².